The maximum atomic E-state index is 6.82. The van der Waals surface area contributed by atoms with Crippen molar-refractivity contribution in [1.82, 2.24) is 0 Å². The van der Waals surface area contributed by atoms with Crippen molar-refractivity contribution in [3.05, 3.63) is 0 Å². The third-order valence-corrected chi connectivity index (χ3v) is 1.36. The average molecular weight is 210 g/mol. The standard InChI is InChI=1S/C6H12BrNO2/c1-6(8)10-9-5-3-2-4-7/h8H,2-5H2,1H3. The third kappa shape index (κ3) is 7.91. The molecular weight excluding hydrogens is 198 g/mol. The summed E-state index contributed by atoms with van der Waals surface area (Å²) in [6, 6.07) is 0. The quantitative estimate of drug-likeness (QED) is 0.188. The predicted octanol–water partition coefficient (Wildman–Crippen LogP) is 2.11. The molecule has 0 saturated heterocycles. The molecule has 0 heterocycles. The summed E-state index contributed by atoms with van der Waals surface area (Å²) in [5, 5.41) is 7.80. The fourth-order valence-electron chi connectivity index (χ4n) is 0.386. The third-order valence-electron chi connectivity index (χ3n) is 0.795. The van der Waals surface area contributed by atoms with Crippen molar-refractivity contribution >= 4 is 21.8 Å². The number of hydrogen-bond donors (Lipinski definition) is 1. The zero-order chi connectivity index (χ0) is 7.82. The first-order valence-electron chi connectivity index (χ1n) is 3.18. The molecule has 0 aromatic carbocycles. The van der Waals surface area contributed by atoms with Crippen molar-refractivity contribution < 1.29 is 9.78 Å². The average Bonchev–Trinajstić information content (AvgIpc) is 1.87. The van der Waals surface area contributed by atoms with Crippen molar-refractivity contribution in [2.75, 3.05) is 11.9 Å². The lowest BCUT2D eigenvalue weighted by atomic mass is 10.4. The highest BCUT2D eigenvalue weighted by Gasteiger charge is 1.89. The number of hydrogen-bond acceptors (Lipinski definition) is 3. The molecule has 0 aromatic heterocycles. The summed E-state index contributed by atoms with van der Waals surface area (Å²) >= 11 is 3.29. The van der Waals surface area contributed by atoms with Gasteiger partial charge >= 0.3 is 0 Å². The zero-order valence-electron chi connectivity index (χ0n) is 6.02. The van der Waals surface area contributed by atoms with E-state index in [2.05, 4.69) is 25.7 Å². The van der Waals surface area contributed by atoms with E-state index in [4.69, 9.17) is 5.41 Å². The summed E-state index contributed by atoms with van der Waals surface area (Å²) in [7, 11) is 0. The van der Waals surface area contributed by atoms with Gasteiger partial charge in [-0.05, 0) is 12.8 Å². The number of alkyl halides is 1. The second-order valence-electron chi connectivity index (χ2n) is 1.86. The van der Waals surface area contributed by atoms with Crippen LogP contribution in [0.15, 0.2) is 0 Å². The molecule has 0 aliphatic carbocycles. The van der Waals surface area contributed by atoms with Gasteiger partial charge in [0.25, 0.3) is 0 Å². The molecule has 0 fully saturated rings. The van der Waals surface area contributed by atoms with Gasteiger partial charge in [0.2, 0.25) is 5.90 Å². The van der Waals surface area contributed by atoms with Crippen molar-refractivity contribution in [1.29, 1.82) is 5.41 Å². The topological polar surface area (TPSA) is 42.3 Å². The highest BCUT2D eigenvalue weighted by atomic mass is 79.9. The number of rotatable bonds is 5. The van der Waals surface area contributed by atoms with Crippen LogP contribution in [0.4, 0.5) is 0 Å². The minimum atomic E-state index is 0.0962. The first kappa shape index (κ1) is 9.91. The molecule has 0 spiro atoms. The van der Waals surface area contributed by atoms with E-state index in [9.17, 15) is 0 Å². The van der Waals surface area contributed by atoms with Crippen LogP contribution < -0.4 is 0 Å². The van der Waals surface area contributed by atoms with Crippen molar-refractivity contribution in [2.24, 2.45) is 0 Å². The smallest absolute Gasteiger partial charge is 0.221 e. The van der Waals surface area contributed by atoms with Crippen LogP contribution in [0.3, 0.4) is 0 Å². The molecule has 0 saturated carbocycles. The van der Waals surface area contributed by atoms with Gasteiger partial charge in [-0.15, -0.1) is 0 Å². The largest absolute Gasteiger partial charge is 0.323 e. The number of halogens is 1. The van der Waals surface area contributed by atoms with Gasteiger partial charge in [-0.25, -0.2) is 0 Å². The van der Waals surface area contributed by atoms with Gasteiger partial charge in [0.05, 0.1) is 6.61 Å². The molecule has 4 heteroatoms. The Hall–Kier alpha value is -0.0900. The predicted molar refractivity (Wildman–Crippen MR) is 43.5 cm³/mol. The minimum Gasteiger partial charge on any atom is -0.323 e. The van der Waals surface area contributed by atoms with E-state index in [0.717, 1.165) is 18.2 Å². The molecule has 0 unspecified atom stereocenters. The summed E-state index contributed by atoms with van der Waals surface area (Å²) in [6.45, 7) is 2.09. The van der Waals surface area contributed by atoms with Crippen LogP contribution in [0.5, 0.6) is 0 Å². The van der Waals surface area contributed by atoms with E-state index in [1.54, 1.807) is 0 Å². The van der Waals surface area contributed by atoms with Crippen LogP contribution in [0.2, 0.25) is 0 Å². The van der Waals surface area contributed by atoms with Gasteiger partial charge in [0, 0.05) is 12.3 Å². The van der Waals surface area contributed by atoms with Crippen molar-refractivity contribution in [3.8, 4) is 0 Å². The lowest BCUT2D eigenvalue weighted by Gasteiger charge is -2.00. The van der Waals surface area contributed by atoms with Crippen LogP contribution in [-0.2, 0) is 9.78 Å². The lowest BCUT2D eigenvalue weighted by Crippen LogP contribution is -2.00. The molecule has 3 nitrogen and oxygen atoms in total. The molecule has 60 valence electrons. The second kappa shape index (κ2) is 7.02. The summed E-state index contributed by atoms with van der Waals surface area (Å²) < 4.78 is 0. The Morgan fingerprint density at radius 2 is 2.20 bits per heavy atom. The van der Waals surface area contributed by atoms with Gasteiger partial charge in [-0.3, -0.25) is 5.41 Å². The summed E-state index contributed by atoms with van der Waals surface area (Å²) in [5.74, 6) is 0.0962. The number of unbranched alkanes of at least 4 members (excludes halogenated alkanes) is 1. The van der Waals surface area contributed by atoms with E-state index in [0.29, 0.717) is 6.61 Å². The summed E-state index contributed by atoms with van der Waals surface area (Å²) in [4.78, 5) is 9.11. The molecule has 10 heavy (non-hydrogen) atoms. The Morgan fingerprint density at radius 1 is 1.50 bits per heavy atom. The van der Waals surface area contributed by atoms with E-state index in [1.807, 2.05) is 0 Å². The van der Waals surface area contributed by atoms with Crippen molar-refractivity contribution in [2.45, 2.75) is 19.8 Å². The van der Waals surface area contributed by atoms with Gasteiger partial charge in [0.1, 0.15) is 0 Å². The number of nitrogens with one attached hydrogen (secondary N) is 1. The Morgan fingerprint density at radius 3 is 2.70 bits per heavy atom. The van der Waals surface area contributed by atoms with E-state index >= 15 is 0 Å². The van der Waals surface area contributed by atoms with Crippen LogP contribution in [0.1, 0.15) is 19.8 Å². The molecule has 0 amide bonds. The maximum Gasteiger partial charge on any atom is 0.221 e. The van der Waals surface area contributed by atoms with Gasteiger partial charge in [0.15, 0.2) is 0 Å². The van der Waals surface area contributed by atoms with Crippen LogP contribution in [-0.4, -0.2) is 17.8 Å². The SMILES string of the molecule is CC(=N)OOCCCCBr. The second-order valence-corrected chi connectivity index (χ2v) is 2.65. The molecule has 0 bridgehead atoms. The van der Waals surface area contributed by atoms with Gasteiger partial charge in [-0.1, -0.05) is 15.9 Å². The lowest BCUT2D eigenvalue weighted by molar-refractivity contribution is -0.223. The Bertz CT molecular complexity index is 97.7. The van der Waals surface area contributed by atoms with E-state index in [-0.39, 0.29) is 5.90 Å². The Labute approximate surface area is 69.3 Å². The summed E-state index contributed by atoms with van der Waals surface area (Å²) in [6.07, 6.45) is 2.03. The molecule has 0 aromatic rings. The highest BCUT2D eigenvalue weighted by molar-refractivity contribution is 9.09. The van der Waals surface area contributed by atoms with Gasteiger partial charge < -0.3 is 4.89 Å². The fourth-order valence-corrected chi connectivity index (χ4v) is 0.782. The van der Waals surface area contributed by atoms with Crippen LogP contribution >= 0.6 is 15.9 Å². The Balaban J connectivity index is 2.84. The monoisotopic (exact) mass is 209 g/mol. The highest BCUT2D eigenvalue weighted by Crippen LogP contribution is 1.94. The van der Waals surface area contributed by atoms with Gasteiger partial charge in [-0.2, -0.15) is 4.89 Å². The molecular formula is C6H12BrNO2. The molecule has 1 N–H and O–H groups in total. The minimum absolute atomic E-state index is 0.0962. The van der Waals surface area contributed by atoms with E-state index < -0.39 is 0 Å². The molecule has 0 aliphatic rings. The molecule has 0 atom stereocenters. The molecule has 0 aliphatic heterocycles. The van der Waals surface area contributed by atoms with Crippen LogP contribution in [0.25, 0.3) is 0 Å². The fraction of sp³-hybridized carbons (Fsp3) is 0.833. The first-order chi connectivity index (χ1) is 4.77. The normalized spacial score (nSPS) is 9.40. The van der Waals surface area contributed by atoms with E-state index in [1.165, 1.54) is 6.92 Å². The zero-order valence-corrected chi connectivity index (χ0v) is 7.61. The first-order valence-corrected chi connectivity index (χ1v) is 4.30. The molecule has 0 radical (unpaired) electrons. The van der Waals surface area contributed by atoms with Crippen LogP contribution in [0, 0.1) is 5.41 Å². The summed E-state index contributed by atoms with van der Waals surface area (Å²) in [5.41, 5.74) is 0. The maximum absolute atomic E-state index is 6.82. The Kier molecular flexibility index (Phi) is 6.96. The molecule has 0 rings (SSSR count). The van der Waals surface area contributed by atoms with Crippen molar-refractivity contribution in [3.63, 3.8) is 0 Å².